The third-order valence-electron chi connectivity index (χ3n) is 5.15. The molecule has 174 valence electrons. The maximum Gasteiger partial charge on any atom is 0.421 e. The molecule has 0 saturated carbocycles. The predicted molar refractivity (Wildman–Crippen MR) is 115 cm³/mol. The van der Waals surface area contributed by atoms with E-state index in [4.69, 9.17) is 4.74 Å². The minimum Gasteiger partial charge on any atom is -0.481 e. The van der Waals surface area contributed by atoms with Gasteiger partial charge in [0, 0.05) is 37.6 Å². The van der Waals surface area contributed by atoms with Crippen LogP contribution < -0.4 is 20.3 Å². The number of carbonyl (C=O) groups excluding carboxylic acids is 1. The molecule has 1 aliphatic heterocycles. The fraction of sp³-hybridized carbons (Fsp3) is 0.333. The fourth-order valence-corrected chi connectivity index (χ4v) is 3.59. The second kappa shape index (κ2) is 8.60. The number of nitrogens with zero attached hydrogens (tertiary/aromatic N) is 5. The molecule has 0 unspecified atom stereocenters. The molecule has 0 aliphatic carbocycles. The number of alkyl halides is 3. The smallest absolute Gasteiger partial charge is 0.421 e. The lowest BCUT2D eigenvalue weighted by molar-refractivity contribution is -0.139. The summed E-state index contributed by atoms with van der Waals surface area (Å²) in [6, 6.07) is 2.87. The lowest BCUT2D eigenvalue weighted by atomic mass is 10.2. The molecule has 0 bridgehead atoms. The molecule has 0 atom stereocenters. The molecule has 3 aromatic rings. The van der Waals surface area contributed by atoms with Gasteiger partial charge in [-0.05, 0) is 18.6 Å². The quantitative estimate of drug-likeness (QED) is 0.582. The summed E-state index contributed by atoms with van der Waals surface area (Å²) in [5.74, 6) is 0.0864. The van der Waals surface area contributed by atoms with E-state index in [0.717, 1.165) is 24.4 Å². The van der Waals surface area contributed by atoms with Gasteiger partial charge in [-0.3, -0.25) is 9.48 Å². The molecular formula is C21H22F3N7O2. The number of hydrogen-bond acceptors (Lipinski definition) is 7. The van der Waals surface area contributed by atoms with Crippen LogP contribution in [0, 0.1) is 6.92 Å². The van der Waals surface area contributed by atoms with Crippen LogP contribution in [-0.4, -0.2) is 46.4 Å². The monoisotopic (exact) mass is 461 g/mol. The van der Waals surface area contributed by atoms with Crippen molar-refractivity contribution in [1.82, 2.24) is 19.7 Å². The number of carbonyl (C=O) groups is 1. The third kappa shape index (κ3) is 4.83. The van der Waals surface area contributed by atoms with Crippen LogP contribution in [0.4, 0.5) is 30.4 Å². The minimum atomic E-state index is -4.57. The van der Waals surface area contributed by atoms with E-state index >= 15 is 0 Å². The first kappa shape index (κ1) is 22.4. The van der Waals surface area contributed by atoms with Gasteiger partial charge in [-0.1, -0.05) is 0 Å². The van der Waals surface area contributed by atoms with E-state index in [1.165, 1.54) is 10.9 Å². The largest absolute Gasteiger partial charge is 0.481 e. The molecule has 12 heteroatoms. The Morgan fingerprint density at radius 3 is 2.76 bits per heavy atom. The van der Waals surface area contributed by atoms with Crippen molar-refractivity contribution in [2.24, 2.45) is 0 Å². The first-order valence-corrected chi connectivity index (χ1v) is 10.0. The van der Waals surface area contributed by atoms with Gasteiger partial charge in [-0.2, -0.15) is 18.3 Å². The van der Waals surface area contributed by atoms with Crippen molar-refractivity contribution in [2.45, 2.75) is 26.2 Å². The van der Waals surface area contributed by atoms with Crippen LogP contribution in [0.2, 0.25) is 0 Å². The van der Waals surface area contributed by atoms with Crippen molar-refractivity contribution in [3.63, 3.8) is 0 Å². The highest BCUT2D eigenvalue weighted by Gasteiger charge is 2.35. The van der Waals surface area contributed by atoms with Gasteiger partial charge in [-0.25, -0.2) is 9.97 Å². The number of hydrogen-bond donors (Lipinski definition) is 2. The van der Waals surface area contributed by atoms with Crippen molar-refractivity contribution in [1.29, 1.82) is 0 Å². The molecule has 0 saturated heterocycles. The number of halogens is 3. The third-order valence-corrected chi connectivity index (χ3v) is 5.15. The summed E-state index contributed by atoms with van der Waals surface area (Å²) in [6.07, 6.45) is 0.140. The van der Waals surface area contributed by atoms with Crippen molar-refractivity contribution >= 4 is 23.1 Å². The summed E-state index contributed by atoms with van der Waals surface area (Å²) in [6.45, 7) is 2.62. The first-order chi connectivity index (χ1) is 15.6. The van der Waals surface area contributed by atoms with Crippen molar-refractivity contribution in [2.75, 3.05) is 36.2 Å². The zero-order valence-electron chi connectivity index (χ0n) is 18.2. The average Bonchev–Trinajstić information content (AvgIpc) is 3.19. The second-order valence-corrected chi connectivity index (χ2v) is 7.69. The van der Waals surface area contributed by atoms with E-state index in [0.29, 0.717) is 29.3 Å². The summed E-state index contributed by atoms with van der Waals surface area (Å²) in [4.78, 5) is 21.8. The maximum atomic E-state index is 13.2. The summed E-state index contributed by atoms with van der Waals surface area (Å²) >= 11 is 0. The van der Waals surface area contributed by atoms with Crippen LogP contribution >= 0.6 is 0 Å². The van der Waals surface area contributed by atoms with Crippen LogP contribution in [0.25, 0.3) is 0 Å². The predicted octanol–water partition coefficient (Wildman–Crippen LogP) is 3.06. The Hall–Kier alpha value is -3.83. The SMILES string of the molecule is COc1ncc(Cn2cc(CNc3cc4c(c(C)n3)NC(=O)CN4C)cn2)cc1C(F)(F)F. The molecule has 1 aliphatic rings. The summed E-state index contributed by atoms with van der Waals surface area (Å²) in [5.41, 5.74) is 2.50. The van der Waals surface area contributed by atoms with Crippen LogP contribution in [0.5, 0.6) is 5.88 Å². The molecule has 3 aromatic heterocycles. The van der Waals surface area contributed by atoms with Gasteiger partial charge >= 0.3 is 6.18 Å². The van der Waals surface area contributed by atoms with Crippen LogP contribution in [0.3, 0.4) is 0 Å². The fourth-order valence-electron chi connectivity index (χ4n) is 3.59. The van der Waals surface area contributed by atoms with E-state index in [-0.39, 0.29) is 19.0 Å². The Morgan fingerprint density at radius 2 is 2.03 bits per heavy atom. The van der Waals surface area contributed by atoms with Crippen LogP contribution in [-0.2, 0) is 24.1 Å². The van der Waals surface area contributed by atoms with Crippen molar-refractivity contribution < 1.29 is 22.7 Å². The molecule has 9 nitrogen and oxygen atoms in total. The van der Waals surface area contributed by atoms with E-state index in [1.807, 2.05) is 24.9 Å². The minimum absolute atomic E-state index is 0.0857. The molecule has 0 aromatic carbocycles. The van der Waals surface area contributed by atoms with Crippen LogP contribution in [0.1, 0.15) is 22.4 Å². The zero-order valence-corrected chi connectivity index (χ0v) is 18.2. The average molecular weight is 461 g/mol. The Morgan fingerprint density at radius 1 is 1.24 bits per heavy atom. The van der Waals surface area contributed by atoms with E-state index in [9.17, 15) is 18.0 Å². The van der Waals surface area contributed by atoms with E-state index in [1.54, 1.807) is 12.4 Å². The molecule has 4 rings (SSSR count). The van der Waals surface area contributed by atoms with Gasteiger partial charge in [-0.15, -0.1) is 0 Å². The number of ether oxygens (including phenoxy) is 1. The molecule has 0 spiro atoms. The summed E-state index contributed by atoms with van der Waals surface area (Å²) in [5, 5.41) is 10.3. The Bertz CT molecular complexity index is 1190. The molecular weight excluding hydrogens is 439 g/mol. The number of anilines is 3. The normalized spacial score (nSPS) is 13.5. The number of aryl methyl sites for hydroxylation is 1. The highest BCUT2D eigenvalue weighted by atomic mass is 19.4. The number of pyridine rings is 2. The van der Waals surface area contributed by atoms with Gasteiger partial charge < -0.3 is 20.3 Å². The Balaban J connectivity index is 1.45. The molecule has 0 radical (unpaired) electrons. The van der Waals surface area contributed by atoms with Gasteiger partial charge in [0.15, 0.2) is 0 Å². The molecule has 4 heterocycles. The molecule has 33 heavy (non-hydrogen) atoms. The second-order valence-electron chi connectivity index (χ2n) is 7.69. The van der Waals surface area contributed by atoms with Gasteiger partial charge in [0.05, 0.1) is 43.5 Å². The summed E-state index contributed by atoms with van der Waals surface area (Å²) < 4.78 is 45.9. The molecule has 2 N–H and O–H groups in total. The first-order valence-electron chi connectivity index (χ1n) is 10.0. The topological polar surface area (TPSA) is 97.2 Å². The highest BCUT2D eigenvalue weighted by molar-refractivity contribution is 6.02. The highest BCUT2D eigenvalue weighted by Crippen LogP contribution is 2.35. The van der Waals surface area contributed by atoms with Crippen molar-refractivity contribution in [3.05, 3.63) is 53.1 Å². The van der Waals surface area contributed by atoms with E-state index in [2.05, 4.69) is 25.7 Å². The van der Waals surface area contributed by atoms with Crippen molar-refractivity contribution in [3.8, 4) is 5.88 Å². The van der Waals surface area contributed by atoms with Gasteiger partial charge in [0.1, 0.15) is 11.4 Å². The number of rotatable bonds is 6. The lowest BCUT2D eigenvalue weighted by Crippen LogP contribution is -2.36. The zero-order chi connectivity index (χ0) is 23.8. The van der Waals surface area contributed by atoms with Crippen LogP contribution in [0.15, 0.2) is 30.7 Å². The molecule has 1 amide bonds. The maximum absolute atomic E-state index is 13.2. The number of likely N-dealkylation sites (N-methyl/N-ethyl adjacent to an activating group) is 1. The number of nitrogens with one attached hydrogen (secondary N) is 2. The standard InChI is InChI=1S/C21H22F3N7O2/c1-12-19-16(30(2)11-18(32)29-19)5-17(28-12)25-7-14-8-27-31(10-14)9-13-4-15(21(22,23)24)20(33-3)26-6-13/h4-6,8,10H,7,9,11H2,1-3H3,(H,25,28)(H,29,32). The Labute approximate surface area is 187 Å². The number of fused-ring (bicyclic) bond motifs is 1. The van der Waals surface area contributed by atoms with E-state index < -0.39 is 17.6 Å². The van der Waals surface area contributed by atoms with Gasteiger partial charge in [0.25, 0.3) is 0 Å². The number of aromatic nitrogens is 4. The molecule has 0 fully saturated rings. The van der Waals surface area contributed by atoms with Gasteiger partial charge in [0.2, 0.25) is 11.8 Å². The number of methoxy groups -OCH3 is 1. The summed E-state index contributed by atoms with van der Waals surface area (Å²) in [7, 11) is 2.99. The lowest BCUT2D eigenvalue weighted by Gasteiger charge is -2.28. The number of amides is 1. The Kier molecular flexibility index (Phi) is 5.83.